The van der Waals surface area contributed by atoms with E-state index in [1.54, 1.807) is 3.96 Å². The quantitative estimate of drug-likeness (QED) is 0.681. The van der Waals surface area contributed by atoms with Gasteiger partial charge in [0.2, 0.25) is 10.4 Å². The van der Waals surface area contributed by atoms with Gasteiger partial charge in [0.15, 0.2) is 5.11 Å². The minimum absolute atomic E-state index is 0.361. The molecule has 0 saturated heterocycles. The Kier molecular flexibility index (Phi) is 5.49. The summed E-state index contributed by atoms with van der Waals surface area (Å²) in [7, 11) is 0. The molecule has 26 heavy (non-hydrogen) atoms. The highest BCUT2D eigenvalue weighted by molar-refractivity contribution is 7.80. The van der Waals surface area contributed by atoms with Crippen molar-refractivity contribution in [2.24, 2.45) is 4.99 Å². The summed E-state index contributed by atoms with van der Waals surface area (Å²) < 4.78 is 3.61. The first-order valence-corrected chi connectivity index (χ1v) is 9.54. The summed E-state index contributed by atoms with van der Waals surface area (Å²) in [4.78, 5) is 5.16. The average molecular weight is 384 g/mol. The molecule has 3 rings (SSSR count). The highest BCUT2D eigenvalue weighted by atomic mass is 32.1. The molecule has 3 aromatic rings. The van der Waals surface area contributed by atoms with Crippen LogP contribution in [0.25, 0.3) is 5.69 Å². The first-order valence-electron chi connectivity index (χ1n) is 8.36. The van der Waals surface area contributed by atoms with Gasteiger partial charge in [-0.15, -0.1) is 0 Å². The number of aromatic nitrogens is 2. The molecule has 0 spiro atoms. The van der Waals surface area contributed by atoms with E-state index in [1.807, 2.05) is 73.9 Å². The highest BCUT2D eigenvalue weighted by Gasteiger charge is 2.12. The van der Waals surface area contributed by atoms with Gasteiger partial charge in [-0.3, -0.25) is 9.98 Å². The van der Waals surface area contributed by atoms with Crippen LogP contribution >= 0.6 is 23.8 Å². The first-order chi connectivity index (χ1) is 12.5. The van der Waals surface area contributed by atoms with Crippen LogP contribution in [-0.2, 0) is 0 Å². The minimum Gasteiger partial charge on any atom is -0.362 e. The summed E-state index contributed by atoms with van der Waals surface area (Å²) in [5, 5.41) is 12.2. The second-order valence-electron chi connectivity index (χ2n) is 5.94. The van der Waals surface area contributed by atoms with Crippen molar-refractivity contribution in [2.75, 3.05) is 6.54 Å². The zero-order valence-corrected chi connectivity index (χ0v) is 16.6. The molecule has 0 saturated carbocycles. The normalized spacial score (nSPS) is 11.6. The number of thiocarbonyl (C=S) groups is 1. The van der Waals surface area contributed by atoms with Gasteiger partial charge in [-0.2, -0.15) is 0 Å². The highest BCUT2D eigenvalue weighted by Crippen LogP contribution is 2.12. The van der Waals surface area contributed by atoms with E-state index in [0.717, 1.165) is 11.4 Å². The Balaban J connectivity index is 2.27. The summed E-state index contributed by atoms with van der Waals surface area (Å²) in [5.41, 5.74) is 4.67. The molecule has 2 N–H and O–H groups in total. The van der Waals surface area contributed by atoms with Crippen molar-refractivity contribution in [1.29, 1.82) is 5.41 Å². The second kappa shape index (κ2) is 7.80. The summed E-state index contributed by atoms with van der Waals surface area (Å²) >= 11 is 6.75. The van der Waals surface area contributed by atoms with Crippen molar-refractivity contribution in [2.45, 2.75) is 20.8 Å². The van der Waals surface area contributed by atoms with Crippen molar-refractivity contribution in [3.8, 4) is 5.69 Å². The molecule has 0 fully saturated rings. The lowest BCUT2D eigenvalue weighted by molar-refractivity contribution is 0.841. The lowest BCUT2D eigenvalue weighted by Gasteiger charge is -2.07. The molecule has 0 aliphatic heterocycles. The third-order valence-corrected chi connectivity index (χ3v) is 5.16. The van der Waals surface area contributed by atoms with E-state index >= 15 is 0 Å². The van der Waals surface area contributed by atoms with Crippen LogP contribution in [0.5, 0.6) is 0 Å². The molecule has 0 aliphatic rings. The van der Waals surface area contributed by atoms with E-state index in [4.69, 9.17) is 22.6 Å². The number of hydrogen-bond acceptors (Lipinski definition) is 4. The largest absolute Gasteiger partial charge is 0.362 e. The molecule has 1 heterocycles. The van der Waals surface area contributed by atoms with Gasteiger partial charge < -0.3 is 5.32 Å². The third kappa shape index (κ3) is 3.84. The Morgan fingerprint density at radius 2 is 1.65 bits per heavy atom. The number of nitrogens with one attached hydrogen (secondary N) is 2. The molecule has 0 atom stereocenters. The number of nitrogens with zero attached hydrogens (tertiary/aromatic N) is 3. The molecule has 7 heteroatoms. The Hall–Kier alpha value is -2.51. The van der Waals surface area contributed by atoms with Gasteiger partial charge in [0.1, 0.15) is 0 Å². The molecular weight excluding hydrogens is 362 g/mol. The van der Waals surface area contributed by atoms with Crippen LogP contribution in [-0.4, -0.2) is 20.2 Å². The molecular formula is C19H21N5S2. The summed E-state index contributed by atoms with van der Waals surface area (Å²) in [6.07, 6.45) is 0. The second-order valence-corrected chi connectivity index (χ2v) is 7.27. The molecule has 0 bridgehead atoms. The molecule has 0 radical (unpaired) electrons. The summed E-state index contributed by atoms with van der Waals surface area (Å²) in [5.74, 6) is 0. The van der Waals surface area contributed by atoms with Gasteiger partial charge in [0.25, 0.3) is 0 Å². The van der Waals surface area contributed by atoms with E-state index in [-0.39, 0.29) is 0 Å². The van der Waals surface area contributed by atoms with Crippen LogP contribution in [0.1, 0.15) is 18.1 Å². The van der Waals surface area contributed by atoms with E-state index in [0.29, 0.717) is 22.1 Å². The standard InChI is InChI=1S/C19H21N5S2/c1-4-21-19(25)24-18(22-15-9-5-13(2)6-10-15)23(17(20)26-24)16-11-7-14(3)8-12-16/h5-12,20H,4H2,1-3H3,(H,21,25). The van der Waals surface area contributed by atoms with Crippen LogP contribution in [0, 0.1) is 19.3 Å². The Morgan fingerprint density at radius 1 is 1.08 bits per heavy atom. The van der Waals surface area contributed by atoms with Gasteiger partial charge in [0.05, 0.1) is 11.4 Å². The predicted molar refractivity (Wildman–Crippen MR) is 110 cm³/mol. The van der Waals surface area contributed by atoms with Gasteiger partial charge in [-0.1, -0.05) is 35.4 Å². The topological polar surface area (TPSA) is 58.1 Å². The van der Waals surface area contributed by atoms with Gasteiger partial charge in [-0.25, -0.2) is 8.95 Å². The molecule has 5 nitrogen and oxygen atoms in total. The molecule has 0 unspecified atom stereocenters. The fourth-order valence-electron chi connectivity index (χ4n) is 2.46. The zero-order chi connectivity index (χ0) is 18.7. The number of rotatable bonds is 3. The van der Waals surface area contributed by atoms with Crippen LogP contribution in [0.4, 0.5) is 5.69 Å². The predicted octanol–water partition coefficient (Wildman–Crippen LogP) is 3.41. The Bertz CT molecular complexity index is 1040. The zero-order valence-electron chi connectivity index (χ0n) is 15.0. The van der Waals surface area contributed by atoms with Crippen LogP contribution in [0.2, 0.25) is 0 Å². The lowest BCUT2D eigenvalue weighted by Crippen LogP contribution is -2.37. The van der Waals surface area contributed by atoms with E-state index in [2.05, 4.69) is 5.32 Å². The molecule has 1 aromatic heterocycles. The number of benzene rings is 2. The molecule has 134 valence electrons. The van der Waals surface area contributed by atoms with E-state index in [1.165, 1.54) is 22.7 Å². The smallest absolute Gasteiger partial charge is 0.233 e. The van der Waals surface area contributed by atoms with Crippen molar-refractivity contribution in [3.63, 3.8) is 0 Å². The maximum absolute atomic E-state index is 8.46. The molecule has 0 aliphatic carbocycles. The molecule has 0 amide bonds. The van der Waals surface area contributed by atoms with Crippen molar-refractivity contribution in [3.05, 3.63) is 70.1 Å². The minimum atomic E-state index is 0.361. The number of aryl methyl sites for hydroxylation is 2. The van der Waals surface area contributed by atoms with Crippen LogP contribution in [0.15, 0.2) is 53.5 Å². The van der Waals surface area contributed by atoms with Crippen LogP contribution < -0.4 is 15.7 Å². The maximum Gasteiger partial charge on any atom is 0.233 e. The first kappa shape index (κ1) is 18.3. The Labute approximate surface area is 162 Å². The molecule has 2 aromatic carbocycles. The fourth-order valence-corrected chi connectivity index (χ4v) is 3.59. The number of hydrogen-bond donors (Lipinski definition) is 2. The van der Waals surface area contributed by atoms with Crippen molar-refractivity contribution >= 4 is 34.6 Å². The van der Waals surface area contributed by atoms with Gasteiger partial charge in [-0.05, 0) is 68.8 Å². The van der Waals surface area contributed by atoms with Gasteiger partial charge >= 0.3 is 0 Å². The SMILES string of the molecule is CCNC(=S)n1sc(=N)n(-c2ccc(C)cc2)c1=Nc1ccc(C)cc1. The van der Waals surface area contributed by atoms with Crippen molar-refractivity contribution in [1.82, 2.24) is 13.8 Å². The Morgan fingerprint density at radius 3 is 2.23 bits per heavy atom. The average Bonchev–Trinajstić information content (AvgIpc) is 2.94. The van der Waals surface area contributed by atoms with Crippen LogP contribution in [0.3, 0.4) is 0 Å². The maximum atomic E-state index is 8.46. The third-order valence-electron chi connectivity index (χ3n) is 3.83. The van der Waals surface area contributed by atoms with Crippen molar-refractivity contribution < 1.29 is 0 Å². The monoisotopic (exact) mass is 383 g/mol. The lowest BCUT2D eigenvalue weighted by atomic mass is 10.2. The fraction of sp³-hybridized carbons (Fsp3) is 0.211. The summed E-state index contributed by atoms with van der Waals surface area (Å²) in [6.45, 7) is 6.80. The van der Waals surface area contributed by atoms with Gasteiger partial charge in [0, 0.05) is 6.54 Å². The van der Waals surface area contributed by atoms with E-state index < -0.39 is 0 Å². The van der Waals surface area contributed by atoms with E-state index in [9.17, 15) is 0 Å². The summed E-state index contributed by atoms with van der Waals surface area (Å²) in [6, 6.07) is 16.0.